The summed E-state index contributed by atoms with van der Waals surface area (Å²) in [5.74, 6) is 0. The van der Waals surface area contributed by atoms with Crippen LogP contribution < -0.4 is 5.73 Å². The lowest BCUT2D eigenvalue weighted by Gasteiger charge is -2.06. The maximum absolute atomic E-state index is 11.3. The van der Waals surface area contributed by atoms with Crippen molar-refractivity contribution in [1.29, 1.82) is 0 Å². The fourth-order valence-corrected chi connectivity index (χ4v) is 0.740. The maximum atomic E-state index is 11.3. The standard InChI is InChI=1S/C7H14F2O2.C4H11N.CH2O2/c8-7(9)11-6-4-2-1-3-5-10;1-4(2,3)5;2-1-3/h7,10H,1-6H2;5H2,1-3H3;1H,(H,2,3). The van der Waals surface area contributed by atoms with Crippen LogP contribution in [0.2, 0.25) is 0 Å². The molecule has 0 atom stereocenters. The van der Waals surface area contributed by atoms with E-state index < -0.39 is 6.61 Å². The summed E-state index contributed by atoms with van der Waals surface area (Å²) < 4.78 is 26.7. The molecule has 0 aliphatic rings. The molecule has 19 heavy (non-hydrogen) atoms. The normalized spacial score (nSPS) is 10.1. The van der Waals surface area contributed by atoms with Crippen LogP contribution in [0.25, 0.3) is 0 Å². The third-order valence-electron chi connectivity index (χ3n) is 1.30. The van der Waals surface area contributed by atoms with Crippen LogP contribution >= 0.6 is 0 Å². The highest BCUT2D eigenvalue weighted by Crippen LogP contribution is 2.01. The molecular weight excluding hydrogens is 260 g/mol. The molecule has 0 saturated carbocycles. The monoisotopic (exact) mass is 287 g/mol. The van der Waals surface area contributed by atoms with Crippen molar-refractivity contribution in [2.45, 2.75) is 58.6 Å². The second kappa shape index (κ2) is 17.2. The van der Waals surface area contributed by atoms with Crippen molar-refractivity contribution in [2.75, 3.05) is 13.2 Å². The number of hydrogen-bond acceptors (Lipinski definition) is 4. The maximum Gasteiger partial charge on any atom is 0.345 e. The van der Waals surface area contributed by atoms with E-state index in [4.69, 9.17) is 20.7 Å². The van der Waals surface area contributed by atoms with Gasteiger partial charge in [0, 0.05) is 12.1 Å². The van der Waals surface area contributed by atoms with E-state index in [1.54, 1.807) is 0 Å². The van der Waals surface area contributed by atoms with Crippen molar-refractivity contribution in [2.24, 2.45) is 5.73 Å². The van der Waals surface area contributed by atoms with E-state index >= 15 is 0 Å². The van der Waals surface area contributed by atoms with Crippen molar-refractivity contribution in [1.82, 2.24) is 0 Å². The molecule has 0 unspecified atom stereocenters. The van der Waals surface area contributed by atoms with Gasteiger partial charge in [-0.2, -0.15) is 8.78 Å². The summed E-state index contributed by atoms with van der Waals surface area (Å²) >= 11 is 0. The fourth-order valence-electron chi connectivity index (χ4n) is 0.740. The number of carbonyl (C=O) groups is 1. The summed E-state index contributed by atoms with van der Waals surface area (Å²) in [7, 11) is 0. The van der Waals surface area contributed by atoms with Crippen LogP contribution in [0.15, 0.2) is 0 Å². The van der Waals surface area contributed by atoms with Gasteiger partial charge in [0.1, 0.15) is 0 Å². The number of nitrogens with two attached hydrogens (primary N) is 1. The average molecular weight is 287 g/mol. The van der Waals surface area contributed by atoms with Crippen LogP contribution in [0.5, 0.6) is 0 Å². The van der Waals surface area contributed by atoms with Crippen molar-refractivity contribution in [3.05, 3.63) is 0 Å². The second-order valence-electron chi connectivity index (χ2n) is 4.74. The van der Waals surface area contributed by atoms with E-state index in [1.807, 2.05) is 20.8 Å². The largest absolute Gasteiger partial charge is 0.483 e. The average Bonchev–Trinajstić information content (AvgIpc) is 2.21. The summed E-state index contributed by atoms with van der Waals surface area (Å²) in [6.07, 6.45) is 3.11. The zero-order chi connectivity index (χ0) is 15.7. The van der Waals surface area contributed by atoms with E-state index in [1.165, 1.54) is 0 Å². The molecule has 0 spiro atoms. The van der Waals surface area contributed by atoms with Gasteiger partial charge in [-0.15, -0.1) is 0 Å². The van der Waals surface area contributed by atoms with E-state index in [-0.39, 0.29) is 25.2 Å². The Kier molecular flexibility index (Phi) is 21.1. The molecule has 118 valence electrons. The Morgan fingerprint density at radius 1 is 1.21 bits per heavy atom. The Hall–Kier alpha value is -0.790. The van der Waals surface area contributed by atoms with Crippen LogP contribution in [-0.2, 0) is 9.53 Å². The SMILES string of the molecule is CC(C)(C)N.O=CO.OCCCCCCOC(F)F. The van der Waals surface area contributed by atoms with Gasteiger partial charge < -0.3 is 20.7 Å². The van der Waals surface area contributed by atoms with E-state index in [0.29, 0.717) is 6.42 Å². The number of carboxylic acid groups (broad SMARTS) is 1. The van der Waals surface area contributed by atoms with Crippen LogP contribution in [0.1, 0.15) is 46.5 Å². The van der Waals surface area contributed by atoms with Gasteiger partial charge in [-0.05, 0) is 33.6 Å². The Morgan fingerprint density at radius 2 is 1.58 bits per heavy atom. The number of rotatable bonds is 7. The minimum atomic E-state index is -2.65. The van der Waals surface area contributed by atoms with Crippen molar-refractivity contribution in [3.63, 3.8) is 0 Å². The lowest BCUT2D eigenvalue weighted by atomic mass is 10.1. The molecular formula is C12H27F2NO4. The summed E-state index contributed by atoms with van der Waals surface area (Å²) in [5, 5.41) is 15.2. The van der Waals surface area contributed by atoms with Crippen LogP contribution in [0.4, 0.5) is 8.78 Å². The van der Waals surface area contributed by atoms with Crippen molar-refractivity contribution < 1.29 is 28.5 Å². The molecule has 4 N–H and O–H groups in total. The molecule has 0 aliphatic heterocycles. The summed E-state index contributed by atoms with van der Waals surface area (Å²) in [5.41, 5.74) is 5.35. The highest BCUT2D eigenvalue weighted by molar-refractivity contribution is 5.32. The number of unbranched alkanes of at least 4 members (excludes halogenated alkanes) is 3. The van der Waals surface area contributed by atoms with Crippen LogP contribution in [-0.4, -0.2) is 42.0 Å². The van der Waals surface area contributed by atoms with Gasteiger partial charge in [0.25, 0.3) is 6.47 Å². The molecule has 7 heteroatoms. The summed E-state index contributed by atoms with van der Waals surface area (Å²) in [6, 6.07) is 0. The zero-order valence-corrected chi connectivity index (χ0v) is 11.9. The second-order valence-corrected chi connectivity index (χ2v) is 4.74. The first-order valence-corrected chi connectivity index (χ1v) is 6.06. The molecule has 0 aliphatic carbocycles. The molecule has 0 heterocycles. The quantitative estimate of drug-likeness (QED) is 0.493. The van der Waals surface area contributed by atoms with Gasteiger partial charge in [-0.25, -0.2) is 0 Å². The number of aliphatic hydroxyl groups excluding tert-OH is 1. The third-order valence-corrected chi connectivity index (χ3v) is 1.30. The first-order valence-electron chi connectivity index (χ1n) is 6.06. The number of alkyl halides is 2. The molecule has 0 amide bonds. The van der Waals surface area contributed by atoms with Gasteiger partial charge in [-0.3, -0.25) is 4.79 Å². The van der Waals surface area contributed by atoms with Crippen LogP contribution in [0.3, 0.4) is 0 Å². The Morgan fingerprint density at radius 3 is 1.89 bits per heavy atom. The Bertz CT molecular complexity index is 170. The minimum Gasteiger partial charge on any atom is -0.483 e. The van der Waals surface area contributed by atoms with Gasteiger partial charge in [0.15, 0.2) is 0 Å². The highest BCUT2D eigenvalue weighted by Gasteiger charge is 1.99. The van der Waals surface area contributed by atoms with Crippen molar-refractivity contribution in [3.8, 4) is 0 Å². The smallest absolute Gasteiger partial charge is 0.345 e. The number of hydrogen-bond donors (Lipinski definition) is 3. The molecule has 0 saturated heterocycles. The first-order chi connectivity index (χ1) is 8.68. The number of aliphatic hydroxyl groups is 1. The molecule has 0 aromatic rings. The third kappa shape index (κ3) is 76.6. The number of ether oxygens (including phenoxy) is 1. The molecule has 0 aromatic heterocycles. The van der Waals surface area contributed by atoms with Gasteiger partial charge in [0.2, 0.25) is 0 Å². The lowest BCUT2D eigenvalue weighted by molar-refractivity contribution is -0.129. The van der Waals surface area contributed by atoms with Crippen LogP contribution in [0, 0.1) is 0 Å². The van der Waals surface area contributed by atoms with Gasteiger partial charge >= 0.3 is 6.61 Å². The highest BCUT2D eigenvalue weighted by atomic mass is 19.3. The van der Waals surface area contributed by atoms with E-state index in [0.717, 1.165) is 19.3 Å². The summed E-state index contributed by atoms with van der Waals surface area (Å²) in [6.45, 7) is 3.29. The first kappa shape index (κ1) is 23.3. The molecule has 0 radical (unpaired) electrons. The molecule has 0 rings (SSSR count). The molecule has 0 aromatic carbocycles. The number of halogens is 2. The Balaban J connectivity index is -0.000000266. The summed E-state index contributed by atoms with van der Waals surface area (Å²) in [4.78, 5) is 8.36. The van der Waals surface area contributed by atoms with E-state index in [2.05, 4.69) is 4.74 Å². The van der Waals surface area contributed by atoms with Gasteiger partial charge in [-0.1, -0.05) is 12.8 Å². The van der Waals surface area contributed by atoms with E-state index in [9.17, 15) is 8.78 Å². The lowest BCUT2D eigenvalue weighted by Crippen LogP contribution is -2.26. The minimum absolute atomic E-state index is 0. The van der Waals surface area contributed by atoms with Gasteiger partial charge in [0.05, 0.1) is 6.61 Å². The fraction of sp³-hybridized carbons (Fsp3) is 0.917. The zero-order valence-electron chi connectivity index (χ0n) is 11.9. The molecule has 0 fully saturated rings. The Labute approximate surface area is 113 Å². The predicted octanol–water partition coefficient (Wildman–Crippen LogP) is 2.22. The molecule has 0 bridgehead atoms. The molecule has 5 nitrogen and oxygen atoms in total. The topological polar surface area (TPSA) is 92.8 Å². The predicted molar refractivity (Wildman–Crippen MR) is 70.1 cm³/mol. The van der Waals surface area contributed by atoms with Crippen molar-refractivity contribution >= 4 is 6.47 Å².